The van der Waals surface area contributed by atoms with Crippen molar-refractivity contribution >= 4 is 5.91 Å². The maximum atomic E-state index is 11.9. The summed E-state index contributed by atoms with van der Waals surface area (Å²) in [5.74, 6) is 1.38. The monoisotopic (exact) mass is 242 g/mol. The van der Waals surface area contributed by atoms with Gasteiger partial charge >= 0.3 is 0 Å². The molecule has 1 aromatic rings. The van der Waals surface area contributed by atoms with Gasteiger partial charge in [-0.1, -0.05) is 13.3 Å². The highest BCUT2D eigenvalue weighted by Crippen LogP contribution is 2.29. The third kappa shape index (κ3) is 3.10. The predicted octanol–water partition coefficient (Wildman–Crippen LogP) is 2.72. The number of benzene rings is 1. The van der Waals surface area contributed by atoms with E-state index < -0.39 is 0 Å². The molecule has 94 valence electrons. The van der Waals surface area contributed by atoms with Crippen molar-refractivity contribution in [3.05, 3.63) is 35.4 Å². The van der Waals surface area contributed by atoms with E-state index in [1.54, 1.807) is 24.3 Å². The summed E-state index contributed by atoms with van der Waals surface area (Å²) >= 11 is 0. The normalized spacial score (nSPS) is 22.4. The first-order chi connectivity index (χ1) is 8.69. The molecule has 18 heavy (non-hydrogen) atoms. The molecule has 1 amide bonds. The van der Waals surface area contributed by atoms with Gasteiger partial charge in [-0.05, 0) is 48.9 Å². The Morgan fingerprint density at radius 1 is 1.39 bits per heavy atom. The highest BCUT2D eigenvalue weighted by Gasteiger charge is 2.21. The zero-order valence-corrected chi connectivity index (χ0v) is 10.6. The second kappa shape index (κ2) is 5.68. The molecule has 1 fully saturated rings. The lowest BCUT2D eigenvalue weighted by atomic mass is 10.1. The molecule has 2 unspecified atom stereocenters. The smallest absolute Gasteiger partial charge is 0.251 e. The van der Waals surface area contributed by atoms with E-state index in [1.807, 2.05) is 6.07 Å². The largest absolute Gasteiger partial charge is 0.352 e. The number of carbonyl (C=O) groups excluding carboxylic acids is 1. The number of nitrogens with one attached hydrogen (secondary N) is 1. The molecule has 1 aliphatic carbocycles. The number of nitrogens with zero attached hydrogens (tertiary/aromatic N) is 1. The summed E-state index contributed by atoms with van der Waals surface area (Å²) in [5.41, 5.74) is 1.20. The van der Waals surface area contributed by atoms with Crippen molar-refractivity contribution < 1.29 is 4.79 Å². The van der Waals surface area contributed by atoms with Gasteiger partial charge in [0.1, 0.15) is 0 Å². The first-order valence-corrected chi connectivity index (χ1v) is 6.47. The lowest BCUT2D eigenvalue weighted by Gasteiger charge is -2.11. The Morgan fingerprint density at radius 2 is 2.11 bits per heavy atom. The van der Waals surface area contributed by atoms with Gasteiger partial charge in [0.25, 0.3) is 5.91 Å². The SMILES string of the molecule is CC1CCC(CNC(=O)c2ccc(C#N)cc2)C1. The highest BCUT2D eigenvalue weighted by molar-refractivity contribution is 5.94. The van der Waals surface area contributed by atoms with Gasteiger partial charge in [0.2, 0.25) is 0 Å². The van der Waals surface area contributed by atoms with Crippen LogP contribution in [0.15, 0.2) is 24.3 Å². The zero-order chi connectivity index (χ0) is 13.0. The topological polar surface area (TPSA) is 52.9 Å². The molecule has 1 aliphatic rings. The van der Waals surface area contributed by atoms with Gasteiger partial charge < -0.3 is 5.32 Å². The molecule has 0 aliphatic heterocycles. The van der Waals surface area contributed by atoms with Crippen LogP contribution in [0.4, 0.5) is 0 Å². The van der Waals surface area contributed by atoms with E-state index in [4.69, 9.17) is 5.26 Å². The summed E-state index contributed by atoms with van der Waals surface area (Å²) in [4.78, 5) is 11.9. The predicted molar refractivity (Wildman–Crippen MR) is 70.0 cm³/mol. The number of rotatable bonds is 3. The average Bonchev–Trinajstić information content (AvgIpc) is 2.82. The number of amides is 1. The van der Waals surface area contributed by atoms with Gasteiger partial charge in [-0.3, -0.25) is 4.79 Å². The quantitative estimate of drug-likeness (QED) is 0.886. The van der Waals surface area contributed by atoms with Crippen molar-refractivity contribution in [3.63, 3.8) is 0 Å². The number of nitriles is 1. The maximum Gasteiger partial charge on any atom is 0.251 e. The van der Waals surface area contributed by atoms with E-state index in [1.165, 1.54) is 19.3 Å². The van der Waals surface area contributed by atoms with Crippen molar-refractivity contribution in [2.24, 2.45) is 11.8 Å². The fourth-order valence-electron chi connectivity index (χ4n) is 2.55. The van der Waals surface area contributed by atoms with Gasteiger partial charge in [-0.2, -0.15) is 5.26 Å². The van der Waals surface area contributed by atoms with Crippen molar-refractivity contribution in [2.75, 3.05) is 6.54 Å². The molecule has 0 radical (unpaired) electrons. The van der Waals surface area contributed by atoms with Gasteiger partial charge in [0.15, 0.2) is 0 Å². The third-order valence-electron chi connectivity index (χ3n) is 3.63. The second-order valence-electron chi connectivity index (χ2n) is 5.18. The summed E-state index contributed by atoms with van der Waals surface area (Å²) in [6.45, 7) is 3.03. The van der Waals surface area contributed by atoms with E-state index in [0.717, 1.165) is 12.5 Å². The Balaban J connectivity index is 1.86. The van der Waals surface area contributed by atoms with Crippen molar-refractivity contribution in [1.29, 1.82) is 5.26 Å². The summed E-state index contributed by atoms with van der Waals surface area (Å²) in [6.07, 6.45) is 3.71. The number of hydrogen-bond donors (Lipinski definition) is 1. The Hall–Kier alpha value is -1.82. The molecule has 1 saturated carbocycles. The van der Waals surface area contributed by atoms with Crippen LogP contribution in [0.1, 0.15) is 42.1 Å². The van der Waals surface area contributed by atoms with Crippen LogP contribution in [0.2, 0.25) is 0 Å². The van der Waals surface area contributed by atoms with E-state index in [2.05, 4.69) is 12.2 Å². The van der Waals surface area contributed by atoms with Crippen LogP contribution in [0.5, 0.6) is 0 Å². The van der Waals surface area contributed by atoms with Crippen LogP contribution < -0.4 is 5.32 Å². The first kappa shape index (κ1) is 12.6. The van der Waals surface area contributed by atoms with E-state index in [-0.39, 0.29) is 5.91 Å². The second-order valence-corrected chi connectivity index (χ2v) is 5.18. The molecule has 2 rings (SSSR count). The van der Waals surface area contributed by atoms with Crippen molar-refractivity contribution in [2.45, 2.75) is 26.2 Å². The summed E-state index contributed by atoms with van der Waals surface area (Å²) in [6, 6.07) is 8.79. The molecular formula is C15H18N2O. The third-order valence-corrected chi connectivity index (χ3v) is 3.63. The van der Waals surface area contributed by atoms with Crippen LogP contribution in [0, 0.1) is 23.2 Å². The fourth-order valence-corrected chi connectivity index (χ4v) is 2.55. The zero-order valence-electron chi connectivity index (χ0n) is 10.6. The molecule has 2 atom stereocenters. The van der Waals surface area contributed by atoms with Crippen LogP contribution in [0.25, 0.3) is 0 Å². The lowest BCUT2D eigenvalue weighted by molar-refractivity contribution is 0.0947. The van der Waals surface area contributed by atoms with Crippen LogP contribution >= 0.6 is 0 Å². The lowest BCUT2D eigenvalue weighted by Crippen LogP contribution is -2.28. The molecule has 3 heteroatoms. The molecule has 0 saturated heterocycles. The molecule has 0 spiro atoms. The highest BCUT2D eigenvalue weighted by atomic mass is 16.1. The fraction of sp³-hybridized carbons (Fsp3) is 0.467. The van der Waals surface area contributed by atoms with Crippen LogP contribution in [-0.2, 0) is 0 Å². The molecule has 3 nitrogen and oxygen atoms in total. The first-order valence-electron chi connectivity index (χ1n) is 6.47. The molecule has 0 heterocycles. The molecule has 1 N–H and O–H groups in total. The number of carbonyl (C=O) groups is 1. The van der Waals surface area contributed by atoms with E-state index in [9.17, 15) is 4.79 Å². The Labute approximate surface area is 108 Å². The van der Waals surface area contributed by atoms with Gasteiger partial charge in [-0.15, -0.1) is 0 Å². The summed E-state index contributed by atoms with van der Waals surface area (Å²) in [5, 5.41) is 11.7. The standard InChI is InChI=1S/C15H18N2O/c1-11-2-3-13(8-11)10-17-15(18)14-6-4-12(9-16)5-7-14/h4-7,11,13H,2-3,8,10H2,1H3,(H,17,18). The minimum atomic E-state index is -0.0426. The van der Waals surface area contributed by atoms with Crippen molar-refractivity contribution in [3.8, 4) is 6.07 Å². The van der Waals surface area contributed by atoms with Crippen molar-refractivity contribution in [1.82, 2.24) is 5.32 Å². The number of hydrogen-bond acceptors (Lipinski definition) is 2. The van der Waals surface area contributed by atoms with E-state index >= 15 is 0 Å². The van der Waals surface area contributed by atoms with E-state index in [0.29, 0.717) is 17.0 Å². The molecule has 1 aromatic carbocycles. The van der Waals surface area contributed by atoms with Crippen LogP contribution in [-0.4, -0.2) is 12.5 Å². The average molecular weight is 242 g/mol. The Bertz CT molecular complexity index is 458. The van der Waals surface area contributed by atoms with Crippen LogP contribution in [0.3, 0.4) is 0 Å². The van der Waals surface area contributed by atoms with Gasteiger partial charge in [0.05, 0.1) is 11.6 Å². The minimum absolute atomic E-state index is 0.0426. The summed E-state index contributed by atoms with van der Waals surface area (Å²) in [7, 11) is 0. The molecule has 0 aromatic heterocycles. The van der Waals surface area contributed by atoms with Gasteiger partial charge in [0, 0.05) is 12.1 Å². The molecular weight excluding hydrogens is 224 g/mol. The maximum absolute atomic E-state index is 11.9. The van der Waals surface area contributed by atoms with Gasteiger partial charge in [-0.25, -0.2) is 0 Å². The summed E-state index contributed by atoms with van der Waals surface area (Å²) < 4.78 is 0. The molecule has 0 bridgehead atoms. The Kier molecular flexibility index (Phi) is 3.99. The minimum Gasteiger partial charge on any atom is -0.352 e. The Morgan fingerprint density at radius 3 is 2.67 bits per heavy atom.